The highest BCUT2D eigenvalue weighted by molar-refractivity contribution is 7.99. The van der Waals surface area contributed by atoms with Crippen molar-refractivity contribution in [2.45, 2.75) is 23.7 Å². The number of nitrogens with two attached hydrogens (primary N) is 1. The third kappa shape index (κ3) is 3.47. The quantitative estimate of drug-likeness (QED) is 0.894. The fourth-order valence-corrected chi connectivity index (χ4v) is 4.36. The summed E-state index contributed by atoms with van der Waals surface area (Å²) >= 11 is 1.94. The Morgan fingerprint density at radius 2 is 2.05 bits per heavy atom. The third-order valence-electron chi connectivity index (χ3n) is 4.16. The summed E-state index contributed by atoms with van der Waals surface area (Å²) in [5, 5.41) is 0. The van der Waals surface area contributed by atoms with E-state index in [0.29, 0.717) is 18.4 Å². The average Bonchev–Trinajstić information content (AvgIpc) is 2.90. The molecule has 0 fully saturated rings. The van der Waals surface area contributed by atoms with E-state index in [0.717, 1.165) is 24.2 Å². The SMILES string of the molecule is NCC(Cc1cccc(F)c1)CC1CSc2ccccc21. The molecular weight excluding hydrogens is 281 g/mol. The molecule has 0 aromatic heterocycles. The molecule has 0 aliphatic carbocycles. The lowest BCUT2D eigenvalue weighted by atomic mass is 9.87. The fraction of sp³-hybridized carbons (Fsp3) is 0.333. The molecule has 21 heavy (non-hydrogen) atoms. The van der Waals surface area contributed by atoms with Crippen molar-refractivity contribution in [2.24, 2.45) is 11.7 Å². The van der Waals surface area contributed by atoms with Gasteiger partial charge >= 0.3 is 0 Å². The third-order valence-corrected chi connectivity index (χ3v) is 5.42. The van der Waals surface area contributed by atoms with Crippen LogP contribution in [-0.2, 0) is 6.42 Å². The van der Waals surface area contributed by atoms with Crippen LogP contribution in [0, 0.1) is 11.7 Å². The van der Waals surface area contributed by atoms with Gasteiger partial charge in [0.1, 0.15) is 5.82 Å². The van der Waals surface area contributed by atoms with Crippen LogP contribution in [0.25, 0.3) is 0 Å². The second-order valence-corrected chi connectivity index (χ2v) is 6.78. The Kier molecular flexibility index (Phi) is 4.61. The van der Waals surface area contributed by atoms with Crippen LogP contribution in [0.4, 0.5) is 4.39 Å². The first-order valence-electron chi connectivity index (χ1n) is 7.42. The Balaban J connectivity index is 1.68. The van der Waals surface area contributed by atoms with E-state index in [-0.39, 0.29) is 5.82 Å². The van der Waals surface area contributed by atoms with Crippen molar-refractivity contribution >= 4 is 11.8 Å². The second-order valence-electron chi connectivity index (χ2n) is 5.72. The van der Waals surface area contributed by atoms with Gasteiger partial charge in [0.15, 0.2) is 0 Å². The van der Waals surface area contributed by atoms with E-state index in [4.69, 9.17) is 5.73 Å². The van der Waals surface area contributed by atoms with Crippen molar-refractivity contribution in [3.63, 3.8) is 0 Å². The largest absolute Gasteiger partial charge is 0.330 e. The van der Waals surface area contributed by atoms with Crippen molar-refractivity contribution in [3.05, 3.63) is 65.5 Å². The van der Waals surface area contributed by atoms with Gasteiger partial charge in [-0.15, -0.1) is 11.8 Å². The van der Waals surface area contributed by atoms with Crippen LogP contribution in [0.15, 0.2) is 53.4 Å². The van der Waals surface area contributed by atoms with Crippen LogP contribution in [0.1, 0.15) is 23.5 Å². The van der Waals surface area contributed by atoms with Gasteiger partial charge in [0.2, 0.25) is 0 Å². The van der Waals surface area contributed by atoms with Crippen LogP contribution in [0.5, 0.6) is 0 Å². The highest BCUT2D eigenvalue weighted by Gasteiger charge is 2.25. The van der Waals surface area contributed by atoms with Crippen molar-refractivity contribution in [2.75, 3.05) is 12.3 Å². The maximum Gasteiger partial charge on any atom is 0.123 e. The molecule has 0 bridgehead atoms. The average molecular weight is 301 g/mol. The van der Waals surface area contributed by atoms with Crippen LogP contribution in [0.3, 0.4) is 0 Å². The van der Waals surface area contributed by atoms with Crippen LogP contribution in [-0.4, -0.2) is 12.3 Å². The molecule has 1 aliphatic rings. The summed E-state index contributed by atoms with van der Waals surface area (Å²) in [6, 6.07) is 15.5. The minimum Gasteiger partial charge on any atom is -0.330 e. The summed E-state index contributed by atoms with van der Waals surface area (Å²) in [6.45, 7) is 0.653. The smallest absolute Gasteiger partial charge is 0.123 e. The first kappa shape index (κ1) is 14.6. The van der Waals surface area contributed by atoms with Gasteiger partial charge in [-0.25, -0.2) is 4.39 Å². The molecule has 3 rings (SSSR count). The second kappa shape index (κ2) is 6.63. The Hall–Kier alpha value is -1.32. The van der Waals surface area contributed by atoms with E-state index >= 15 is 0 Å². The number of benzene rings is 2. The highest BCUT2D eigenvalue weighted by Crippen LogP contribution is 2.42. The topological polar surface area (TPSA) is 26.0 Å². The molecule has 1 aliphatic heterocycles. The molecule has 0 spiro atoms. The normalized spacial score (nSPS) is 18.5. The van der Waals surface area contributed by atoms with E-state index < -0.39 is 0 Å². The summed E-state index contributed by atoms with van der Waals surface area (Å²) in [6.07, 6.45) is 1.94. The van der Waals surface area contributed by atoms with E-state index in [1.54, 1.807) is 12.1 Å². The molecule has 1 nitrogen and oxygen atoms in total. The molecule has 0 saturated heterocycles. The Labute approximate surface area is 129 Å². The number of halogens is 1. The zero-order valence-electron chi connectivity index (χ0n) is 12.0. The van der Waals surface area contributed by atoms with Crippen LogP contribution in [0.2, 0.25) is 0 Å². The van der Waals surface area contributed by atoms with Gasteiger partial charge in [-0.3, -0.25) is 0 Å². The van der Waals surface area contributed by atoms with Crippen molar-refractivity contribution in [3.8, 4) is 0 Å². The highest BCUT2D eigenvalue weighted by atomic mass is 32.2. The maximum atomic E-state index is 13.3. The molecule has 110 valence electrons. The summed E-state index contributed by atoms with van der Waals surface area (Å²) < 4.78 is 13.3. The minimum absolute atomic E-state index is 0.162. The molecule has 2 unspecified atom stereocenters. The van der Waals surface area contributed by atoms with Gasteiger partial charge in [0.25, 0.3) is 0 Å². The number of hydrogen-bond acceptors (Lipinski definition) is 2. The molecule has 0 amide bonds. The van der Waals surface area contributed by atoms with Gasteiger partial charge in [-0.1, -0.05) is 30.3 Å². The lowest BCUT2D eigenvalue weighted by molar-refractivity contribution is 0.456. The molecule has 3 heteroatoms. The lowest BCUT2D eigenvalue weighted by Crippen LogP contribution is -2.20. The fourth-order valence-electron chi connectivity index (χ4n) is 3.09. The number of fused-ring (bicyclic) bond motifs is 1. The Morgan fingerprint density at radius 3 is 2.86 bits per heavy atom. The summed E-state index contributed by atoms with van der Waals surface area (Å²) in [5.74, 6) is 1.96. The molecule has 0 radical (unpaired) electrons. The number of thioether (sulfide) groups is 1. The maximum absolute atomic E-state index is 13.3. The molecule has 2 aromatic carbocycles. The Morgan fingerprint density at radius 1 is 1.19 bits per heavy atom. The van der Waals surface area contributed by atoms with Gasteiger partial charge in [-0.05, 0) is 60.5 Å². The van der Waals surface area contributed by atoms with Gasteiger partial charge < -0.3 is 5.73 Å². The monoisotopic (exact) mass is 301 g/mol. The lowest BCUT2D eigenvalue weighted by Gasteiger charge is -2.19. The number of hydrogen-bond donors (Lipinski definition) is 1. The Bertz CT molecular complexity index is 614. The zero-order valence-corrected chi connectivity index (χ0v) is 12.8. The number of rotatable bonds is 5. The van der Waals surface area contributed by atoms with Crippen LogP contribution >= 0.6 is 11.8 Å². The molecule has 1 heterocycles. The van der Waals surface area contributed by atoms with E-state index in [9.17, 15) is 4.39 Å². The van der Waals surface area contributed by atoms with Gasteiger partial charge in [0.05, 0.1) is 0 Å². The van der Waals surface area contributed by atoms with E-state index in [1.807, 2.05) is 17.8 Å². The minimum atomic E-state index is -0.162. The zero-order chi connectivity index (χ0) is 14.7. The molecule has 0 saturated carbocycles. The predicted octanol–water partition coefficient (Wildman–Crippen LogP) is 4.22. The molecular formula is C18H20FNS. The summed E-state index contributed by atoms with van der Waals surface area (Å²) in [7, 11) is 0. The van der Waals surface area contributed by atoms with Crippen molar-refractivity contribution in [1.29, 1.82) is 0 Å². The van der Waals surface area contributed by atoms with E-state index in [2.05, 4.69) is 24.3 Å². The molecule has 2 aromatic rings. The van der Waals surface area contributed by atoms with Gasteiger partial charge in [0, 0.05) is 10.6 Å². The summed E-state index contributed by atoms with van der Waals surface area (Å²) in [5.41, 5.74) is 8.46. The van der Waals surface area contributed by atoms with Crippen molar-refractivity contribution in [1.82, 2.24) is 0 Å². The van der Waals surface area contributed by atoms with Crippen LogP contribution < -0.4 is 5.73 Å². The first-order valence-corrected chi connectivity index (χ1v) is 8.41. The first-order chi connectivity index (χ1) is 10.3. The molecule has 2 N–H and O–H groups in total. The van der Waals surface area contributed by atoms with E-state index in [1.165, 1.54) is 16.5 Å². The summed E-state index contributed by atoms with van der Waals surface area (Å²) in [4.78, 5) is 1.41. The molecule has 2 atom stereocenters. The van der Waals surface area contributed by atoms with Gasteiger partial charge in [-0.2, -0.15) is 0 Å². The standard InChI is InChI=1S/C18H20FNS/c19-16-5-3-4-13(10-16)8-14(11-20)9-15-12-21-18-7-2-1-6-17(15)18/h1-7,10,14-15H,8-9,11-12,20H2. The predicted molar refractivity (Wildman–Crippen MR) is 87.2 cm³/mol. The van der Waals surface area contributed by atoms with Crippen molar-refractivity contribution < 1.29 is 4.39 Å².